The molecule has 1 aromatic rings. The van der Waals surface area contributed by atoms with Gasteiger partial charge < -0.3 is 4.90 Å². The zero-order valence-corrected chi connectivity index (χ0v) is 11.0. The van der Waals surface area contributed by atoms with Gasteiger partial charge in [-0.1, -0.05) is 6.07 Å². The van der Waals surface area contributed by atoms with Crippen LogP contribution < -0.4 is 5.48 Å². The van der Waals surface area contributed by atoms with Crippen molar-refractivity contribution in [3.63, 3.8) is 0 Å². The van der Waals surface area contributed by atoms with Gasteiger partial charge in [-0.25, -0.2) is 5.48 Å². The van der Waals surface area contributed by atoms with Crippen molar-refractivity contribution in [2.75, 3.05) is 13.2 Å². The van der Waals surface area contributed by atoms with Crippen LogP contribution in [0.25, 0.3) is 0 Å². The summed E-state index contributed by atoms with van der Waals surface area (Å²) in [5, 5.41) is 1.86. The molecule has 2 amide bonds. The third-order valence-electron chi connectivity index (χ3n) is 2.87. The number of carbonyl (C=O) groups is 2. The molecule has 1 aromatic heterocycles. The van der Waals surface area contributed by atoms with Crippen LogP contribution in [0.1, 0.15) is 29.4 Å². The monoisotopic (exact) mass is 268 g/mol. The fourth-order valence-corrected chi connectivity index (χ4v) is 2.71. The molecule has 1 fully saturated rings. The van der Waals surface area contributed by atoms with Crippen molar-refractivity contribution in [1.82, 2.24) is 10.4 Å². The smallest absolute Gasteiger partial charge is 0.266 e. The van der Waals surface area contributed by atoms with E-state index in [4.69, 9.17) is 4.84 Å². The van der Waals surface area contributed by atoms with E-state index in [0.29, 0.717) is 24.4 Å². The van der Waals surface area contributed by atoms with Crippen LogP contribution in [0.5, 0.6) is 0 Å². The van der Waals surface area contributed by atoms with Crippen LogP contribution in [0.3, 0.4) is 0 Å². The lowest BCUT2D eigenvalue weighted by molar-refractivity contribution is -0.137. The van der Waals surface area contributed by atoms with Crippen LogP contribution in [0.2, 0.25) is 0 Å². The molecule has 98 valence electrons. The Morgan fingerprint density at radius 2 is 2.44 bits per heavy atom. The standard InChI is InChI=1S/C12H16N2O3S/c1-2-17-13-11(15)9-5-3-7-14(9)12(16)10-6-4-8-18-10/h4,6,8-9H,2-3,5,7H2,1H3,(H,13,15)/t9-/m1/s1. The molecule has 0 aliphatic carbocycles. The second kappa shape index (κ2) is 5.97. The van der Waals surface area contributed by atoms with Crippen molar-refractivity contribution in [2.24, 2.45) is 0 Å². The van der Waals surface area contributed by atoms with Gasteiger partial charge in [-0.3, -0.25) is 14.4 Å². The molecule has 1 N–H and O–H groups in total. The molecule has 18 heavy (non-hydrogen) atoms. The second-order valence-corrected chi connectivity index (χ2v) is 4.98. The van der Waals surface area contributed by atoms with Crippen molar-refractivity contribution in [3.8, 4) is 0 Å². The maximum atomic E-state index is 12.2. The summed E-state index contributed by atoms with van der Waals surface area (Å²) < 4.78 is 0. The van der Waals surface area contributed by atoms with E-state index in [1.165, 1.54) is 11.3 Å². The van der Waals surface area contributed by atoms with E-state index in [2.05, 4.69) is 5.48 Å². The van der Waals surface area contributed by atoms with Crippen molar-refractivity contribution in [2.45, 2.75) is 25.8 Å². The quantitative estimate of drug-likeness (QED) is 0.840. The lowest BCUT2D eigenvalue weighted by atomic mass is 10.2. The Balaban J connectivity index is 2.03. The van der Waals surface area contributed by atoms with Crippen LogP contribution in [0.15, 0.2) is 17.5 Å². The summed E-state index contributed by atoms with van der Waals surface area (Å²) in [5.74, 6) is -0.307. The third kappa shape index (κ3) is 2.70. The maximum Gasteiger partial charge on any atom is 0.266 e. The SMILES string of the molecule is CCONC(=O)[C@H]1CCCN1C(=O)c1cccs1. The summed E-state index contributed by atoms with van der Waals surface area (Å²) in [5.41, 5.74) is 2.37. The summed E-state index contributed by atoms with van der Waals surface area (Å²) in [6.07, 6.45) is 1.54. The molecule has 1 aliphatic rings. The minimum absolute atomic E-state index is 0.0702. The van der Waals surface area contributed by atoms with Gasteiger partial charge in [0.15, 0.2) is 0 Å². The highest BCUT2D eigenvalue weighted by Gasteiger charge is 2.34. The molecule has 0 aromatic carbocycles. The average Bonchev–Trinajstić information content (AvgIpc) is 3.04. The van der Waals surface area contributed by atoms with Crippen molar-refractivity contribution < 1.29 is 14.4 Å². The molecular weight excluding hydrogens is 252 g/mol. The van der Waals surface area contributed by atoms with Gasteiger partial charge in [-0.05, 0) is 31.2 Å². The van der Waals surface area contributed by atoms with Crippen LogP contribution in [0, 0.1) is 0 Å². The Hall–Kier alpha value is -1.40. The molecule has 0 spiro atoms. The number of hydrogen-bond donors (Lipinski definition) is 1. The van der Waals surface area contributed by atoms with Gasteiger partial charge in [0.1, 0.15) is 6.04 Å². The first-order valence-corrected chi connectivity index (χ1v) is 6.88. The van der Waals surface area contributed by atoms with Gasteiger partial charge in [-0.2, -0.15) is 0 Å². The van der Waals surface area contributed by atoms with Crippen LogP contribution >= 0.6 is 11.3 Å². The van der Waals surface area contributed by atoms with E-state index in [-0.39, 0.29) is 11.8 Å². The largest absolute Gasteiger partial charge is 0.326 e. The van der Waals surface area contributed by atoms with E-state index >= 15 is 0 Å². The molecule has 5 nitrogen and oxygen atoms in total. The molecule has 0 saturated carbocycles. The Bertz CT molecular complexity index is 419. The average molecular weight is 268 g/mol. The molecule has 1 saturated heterocycles. The molecule has 0 bridgehead atoms. The lowest BCUT2D eigenvalue weighted by Gasteiger charge is -2.22. The third-order valence-corrected chi connectivity index (χ3v) is 3.72. The summed E-state index contributed by atoms with van der Waals surface area (Å²) >= 11 is 1.40. The number of nitrogens with one attached hydrogen (secondary N) is 1. The van der Waals surface area contributed by atoms with E-state index in [0.717, 1.165) is 6.42 Å². The number of likely N-dealkylation sites (tertiary alicyclic amines) is 1. The number of amides is 2. The van der Waals surface area contributed by atoms with Crippen molar-refractivity contribution in [1.29, 1.82) is 0 Å². The van der Waals surface area contributed by atoms with Gasteiger partial charge in [0.05, 0.1) is 11.5 Å². The summed E-state index contributed by atoms with van der Waals surface area (Å²) in [4.78, 5) is 31.3. The molecule has 0 unspecified atom stereocenters. The molecule has 6 heteroatoms. The second-order valence-electron chi connectivity index (χ2n) is 4.03. The number of nitrogens with zero attached hydrogens (tertiary/aromatic N) is 1. The molecule has 2 heterocycles. The Morgan fingerprint density at radius 1 is 1.61 bits per heavy atom. The first-order chi connectivity index (χ1) is 8.74. The van der Waals surface area contributed by atoms with E-state index in [1.54, 1.807) is 17.9 Å². The lowest BCUT2D eigenvalue weighted by Crippen LogP contribution is -2.45. The predicted molar refractivity (Wildman–Crippen MR) is 68.1 cm³/mol. The number of carbonyl (C=O) groups excluding carboxylic acids is 2. The number of hydroxylamine groups is 1. The van der Waals surface area contributed by atoms with Crippen molar-refractivity contribution in [3.05, 3.63) is 22.4 Å². The normalized spacial score (nSPS) is 18.9. The topological polar surface area (TPSA) is 58.6 Å². The zero-order valence-electron chi connectivity index (χ0n) is 10.2. The molecule has 1 atom stereocenters. The fraction of sp³-hybridized carbons (Fsp3) is 0.500. The van der Waals surface area contributed by atoms with E-state index < -0.39 is 6.04 Å². The van der Waals surface area contributed by atoms with Crippen LogP contribution in [0.4, 0.5) is 0 Å². The van der Waals surface area contributed by atoms with Gasteiger partial charge in [-0.15, -0.1) is 11.3 Å². The van der Waals surface area contributed by atoms with E-state index in [1.807, 2.05) is 11.4 Å². The minimum atomic E-state index is -0.411. The summed E-state index contributed by atoms with van der Waals surface area (Å²) in [6.45, 7) is 2.84. The Labute approximate surface area is 110 Å². The fourth-order valence-electron chi connectivity index (χ4n) is 2.04. The Morgan fingerprint density at radius 3 is 3.11 bits per heavy atom. The minimum Gasteiger partial charge on any atom is -0.326 e. The highest BCUT2D eigenvalue weighted by atomic mass is 32.1. The highest BCUT2D eigenvalue weighted by Crippen LogP contribution is 2.22. The van der Waals surface area contributed by atoms with Crippen LogP contribution in [-0.4, -0.2) is 35.9 Å². The van der Waals surface area contributed by atoms with Gasteiger partial charge in [0, 0.05) is 6.54 Å². The first kappa shape index (κ1) is 13.0. The van der Waals surface area contributed by atoms with Gasteiger partial charge in [0.25, 0.3) is 11.8 Å². The molecular formula is C12H16N2O3S. The predicted octanol–water partition coefficient (Wildman–Crippen LogP) is 1.42. The zero-order chi connectivity index (χ0) is 13.0. The van der Waals surface area contributed by atoms with Gasteiger partial charge >= 0.3 is 0 Å². The maximum absolute atomic E-state index is 12.2. The van der Waals surface area contributed by atoms with Gasteiger partial charge in [0.2, 0.25) is 0 Å². The summed E-state index contributed by atoms with van der Waals surface area (Å²) in [7, 11) is 0. The first-order valence-electron chi connectivity index (χ1n) is 6.00. The number of hydrogen-bond acceptors (Lipinski definition) is 4. The number of thiophene rings is 1. The molecule has 0 radical (unpaired) electrons. The Kier molecular flexibility index (Phi) is 4.33. The van der Waals surface area contributed by atoms with Crippen molar-refractivity contribution >= 4 is 23.2 Å². The molecule has 1 aliphatic heterocycles. The molecule has 2 rings (SSSR count). The number of rotatable bonds is 4. The van der Waals surface area contributed by atoms with E-state index in [9.17, 15) is 9.59 Å². The summed E-state index contributed by atoms with van der Waals surface area (Å²) in [6, 6.07) is 3.21. The highest BCUT2D eigenvalue weighted by molar-refractivity contribution is 7.12. The van der Waals surface area contributed by atoms with Crippen LogP contribution in [-0.2, 0) is 9.63 Å².